The minimum atomic E-state index is -0.437. The van der Waals surface area contributed by atoms with Crippen molar-refractivity contribution in [3.63, 3.8) is 0 Å². The van der Waals surface area contributed by atoms with E-state index in [1.807, 2.05) is 6.92 Å². The number of rotatable bonds is 6. The molecule has 0 bridgehead atoms. The SMILES string of the molecule is COC[C@@H](C)NC(=O)c1ccccc1CN1C(=O)CNC1=O. The molecule has 0 saturated carbocycles. The Morgan fingerprint density at radius 2 is 2.14 bits per heavy atom. The summed E-state index contributed by atoms with van der Waals surface area (Å²) in [5.74, 6) is -0.555. The molecule has 0 aliphatic carbocycles. The number of nitrogens with zero attached hydrogens (tertiary/aromatic N) is 1. The summed E-state index contributed by atoms with van der Waals surface area (Å²) in [6.45, 7) is 2.31. The second-order valence-electron chi connectivity index (χ2n) is 5.13. The highest BCUT2D eigenvalue weighted by Gasteiger charge is 2.29. The van der Waals surface area contributed by atoms with E-state index in [1.54, 1.807) is 31.4 Å². The molecule has 7 nitrogen and oxygen atoms in total. The van der Waals surface area contributed by atoms with Crippen LogP contribution in [0.3, 0.4) is 0 Å². The second kappa shape index (κ2) is 7.04. The summed E-state index contributed by atoms with van der Waals surface area (Å²) in [4.78, 5) is 36.7. The van der Waals surface area contributed by atoms with Crippen LogP contribution < -0.4 is 10.6 Å². The van der Waals surface area contributed by atoms with Gasteiger partial charge in [-0.25, -0.2) is 4.79 Å². The molecule has 22 heavy (non-hydrogen) atoms. The third-order valence-corrected chi connectivity index (χ3v) is 3.32. The number of hydrogen-bond acceptors (Lipinski definition) is 4. The third kappa shape index (κ3) is 3.62. The number of benzene rings is 1. The molecule has 0 radical (unpaired) electrons. The van der Waals surface area contributed by atoms with E-state index in [9.17, 15) is 14.4 Å². The van der Waals surface area contributed by atoms with Crippen molar-refractivity contribution in [2.75, 3.05) is 20.3 Å². The van der Waals surface area contributed by atoms with Gasteiger partial charge in [0.1, 0.15) is 0 Å². The summed E-state index contributed by atoms with van der Waals surface area (Å²) >= 11 is 0. The number of urea groups is 1. The van der Waals surface area contributed by atoms with Gasteiger partial charge in [0, 0.05) is 18.7 Å². The maximum absolute atomic E-state index is 12.3. The summed E-state index contributed by atoms with van der Waals surface area (Å²) < 4.78 is 4.99. The highest BCUT2D eigenvalue weighted by atomic mass is 16.5. The molecule has 2 rings (SSSR count). The average molecular weight is 305 g/mol. The van der Waals surface area contributed by atoms with Crippen molar-refractivity contribution in [3.8, 4) is 0 Å². The van der Waals surface area contributed by atoms with Crippen LogP contribution in [0.2, 0.25) is 0 Å². The van der Waals surface area contributed by atoms with Gasteiger partial charge >= 0.3 is 6.03 Å². The summed E-state index contributed by atoms with van der Waals surface area (Å²) in [5.41, 5.74) is 1.06. The Morgan fingerprint density at radius 1 is 1.41 bits per heavy atom. The number of imide groups is 1. The molecule has 0 unspecified atom stereocenters. The first-order chi connectivity index (χ1) is 10.5. The van der Waals surface area contributed by atoms with E-state index in [0.29, 0.717) is 17.7 Å². The fourth-order valence-corrected chi connectivity index (χ4v) is 2.26. The van der Waals surface area contributed by atoms with Crippen LogP contribution in [-0.2, 0) is 16.1 Å². The van der Waals surface area contributed by atoms with Crippen molar-refractivity contribution < 1.29 is 19.1 Å². The molecule has 0 spiro atoms. The van der Waals surface area contributed by atoms with Crippen LogP contribution in [0.15, 0.2) is 24.3 Å². The fraction of sp³-hybridized carbons (Fsp3) is 0.400. The Kier molecular flexibility index (Phi) is 5.11. The number of ether oxygens (including phenoxy) is 1. The molecule has 1 fully saturated rings. The number of amides is 4. The van der Waals surface area contributed by atoms with Crippen LogP contribution in [0.4, 0.5) is 4.79 Å². The van der Waals surface area contributed by atoms with Gasteiger partial charge in [-0.1, -0.05) is 18.2 Å². The zero-order valence-electron chi connectivity index (χ0n) is 12.6. The van der Waals surface area contributed by atoms with Crippen LogP contribution in [0.25, 0.3) is 0 Å². The van der Waals surface area contributed by atoms with E-state index < -0.39 is 6.03 Å². The van der Waals surface area contributed by atoms with Crippen molar-refractivity contribution in [3.05, 3.63) is 35.4 Å². The first-order valence-electron chi connectivity index (χ1n) is 6.99. The lowest BCUT2D eigenvalue weighted by Gasteiger charge is -2.17. The standard InChI is InChI=1S/C15H19N3O4/c1-10(9-22-2)17-14(20)12-6-4-3-5-11(12)8-18-13(19)7-16-15(18)21/h3-6,10H,7-9H2,1-2H3,(H,16,21)(H,17,20)/t10-/m1/s1. The van der Waals surface area contributed by atoms with E-state index in [1.165, 1.54) is 0 Å². The van der Waals surface area contributed by atoms with Gasteiger partial charge in [0.05, 0.1) is 19.7 Å². The first kappa shape index (κ1) is 16.0. The van der Waals surface area contributed by atoms with Crippen molar-refractivity contribution in [1.29, 1.82) is 0 Å². The summed E-state index contributed by atoms with van der Waals surface area (Å²) in [7, 11) is 1.56. The van der Waals surface area contributed by atoms with Crippen molar-refractivity contribution >= 4 is 17.8 Å². The number of methoxy groups -OCH3 is 1. The minimum absolute atomic E-state index is 0.00192. The molecule has 4 amide bonds. The summed E-state index contributed by atoms with van der Waals surface area (Å²) in [6, 6.07) is 6.33. The van der Waals surface area contributed by atoms with Crippen molar-refractivity contribution in [2.45, 2.75) is 19.5 Å². The number of carbonyl (C=O) groups excluding carboxylic acids is 3. The Hall–Kier alpha value is -2.41. The van der Waals surface area contributed by atoms with Gasteiger partial charge in [-0.05, 0) is 18.6 Å². The first-order valence-corrected chi connectivity index (χ1v) is 6.99. The van der Waals surface area contributed by atoms with Crippen LogP contribution in [0, 0.1) is 0 Å². The summed E-state index contributed by atoms with van der Waals surface area (Å²) in [6.07, 6.45) is 0. The minimum Gasteiger partial charge on any atom is -0.383 e. The van der Waals surface area contributed by atoms with Gasteiger partial charge in [0.15, 0.2) is 0 Å². The molecule has 2 N–H and O–H groups in total. The van der Waals surface area contributed by atoms with Gasteiger partial charge in [-0.15, -0.1) is 0 Å². The van der Waals surface area contributed by atoms with E-state index in [0.717, 1.165) is 4.90 Å². The maximum Gasteiger partial charge on any atom is 0.324 e. The number of nitrogens with one attached hydrogen (secondary N) is 2. The predicted molar refractivity (Wildman–Crippen MR) is 79.2 cm³/mol. The average Bonchev–Trinajstić information content (AvgIpc) is 2.80. The lowest BCUT2D eigenvalue weighted by molar-refractivity contribution is -0.125. The molecule has 0 aromatic heterocycles. The summed E-state index contributed by atoms with van der Waals surface area (Å²) in [5, 5.41) is 5.27. The van der Waals surface area contributed by atoms with Crippen molar-refractivity contribution in [2.24, 2.45) is 0 Å². The lowest BCUT2D eigenvalue weighted by atomic mass is 10.1. The topological polar surface area (TPSA) is 87.7 Å². The Morgan fingerprint density at radius 3 is 2.77 bits per heavy atom. The van der Waals surface area contributed by atoms with Gasteiger partial charge < -0.3 is 15.4 Å². The van der Waals surface area contributed by atoms with Gasteiger partial charge in [-0.2, -0.15) is 0 Å². The third-order valence-electron chi connectivity index (χ3n) is 3.32. The number of carbonyl (C=O) groups is 3. The Bertz CT molecular complexity index is 572. The maximum atomic E-state index is 12.3. The molecule has 1 aromatic rings. The molecule has 1 aromatic carbocycles. The smallest absolute Gasteiger partial charge is 0.324 e. The Labute approximate surface area is 128 Å². The van der Waals surface area contributed by atoms with Gasteiger partial charge in [0.25, 0.3) is 5.91 Å². The number of hydrogen-bond donors (Lipinski definition) is 2. The quantitative estimate of drug-likeness (QED) is 0.749. The zero-order valence-corrected chi connectivity index (χ0v) is 12.6. The molecule has 1 aliphatic heterocycles. The largest absolute Gasteiger partial charge is 0.383 e. The van der Waals surface area contributed by atoms with Crippen LogP contribution >= 0.6 is 0 Å². The van der Waals surface area contributed by atoms with E-state index in [4.69, 9.17) is 4.74 Å². The highest BCUT2D eigenvalue weighted by Crippen LogP contribution is 2.14. The fourth-order valence-electron chi connectivity index (χ4n) is 2.26. The zero-order chi connectivity index (χ0) is 16.1. The second-order valence-corrected chi connectivity index (χ2v) is 5.13. The Balaban J connectivity index is 2.14. The van der Waals surface area contributed by atoms with Gasteiger partial charge in [-0.3, -0.25) is 14.5 Å². The van der Waals surface area contributed by atoms with E-state index in [-0.39, 0.29) is 30.9 Å². The molecule has 118 valence electrons. The van der Waals surface area contributed by atoms with Crippen LogP contribution in [0.1, 0.15) is 22.8 Å². The van der Waals surface area contributed by atoms with E-state index in [2.05, 4.69) is 10.6 Å². The predicted octanol–water partition coefficient (Wildman–Crippen LogP) is 0.503. The monoisotopic (exact) mass is 305 g/mol. The molecule has 7 heteroatoms. The molecule has 1 saturated heterocycles. The van der Waals surface area contributed by atoms with Crippen molar-refractivity contribution in [1.82, 2.24) is 15.5 Å². The molecular formula is C15H19N3O4. The molecule has 1 atom stereocenters. The lowest BCUT2D eigenvalue weighted by Crippen LogP contribution is -2.37. The molecular weight excluding hydrogens is 286 g/mol. The molecule has 1 heterocycles. The van der Waals surface area contributed by atoms with E-state index >= 15 is 0 Å². The van der Waals surface area contributed by atoms with Gasteiger partial charge in [0.2, 0.25) is 5.91 Å². The van der Waals surface area contributed by atoms with Crippen LogP contribution in [0.5, 0.6) is 0 Å². The van der Waals surface area contributed by atoms with Crippen LogP contribution in [-0.4, -0.2) is 49.0 Å². The normalized spacial score (nSPS) is 15.6. The highest BCUT2D eigenvalue weighted by molar-refractivity contribution is 6.02. The molecule has 1 aliphatic rings.